The average molecular weight is 290 g/mol. The summed E-state index contributed by atoms with van der Waals surface area (Å²) in [5.41, 5.74) is 0. The van der Waals surface area contributed by atoms with Crippen LogP contribution in [0.15, 0.2) is 0 Å². The summed E-state index contributed by atoms with van der Waals surface area (Å²) in [6.07, 6.45) is 0. The van der Waals surface area contributed by atoms with Crippen molar-refractivity contribution in [2.45, 2.75) is 0 Å². The van der Waals surface area contributed by atoms with Crippen molar-refractivity contribution in [3.8, 4) is 6.01 Å². The minimum Gasteiger partial charge on any atom is -0.467 e. The van der Waals surface area contributed by atoms with Crippen molar-refractivity contribution in [3.63, 3.8) is 0 Å². The standard InChI is InChI=1S/C9H18N6O3S/c1-10-7-12-8(14-9(13-7)18-4)11-5-6-19(16,17)15(2)3/h5-6H2,1-4H3,(H2,10,11,12,13,14). The largest absolute Gasteiger partial charge is 0.467 e. The molecule has 0 radical (unpaired) electrons. The summed E-state index contributed by atoms with van der Waals surface area (Å²) in [5.74, 6) is 0.540. The molecule has 108 valence electrons. The second-order valence-corrected chi connectivity index (χ2v) is 6.05. The fourth-order valence-electron chi connectivity index (χ4n) is 1.11. The normalized spacial score (nSPS) is 11.4. The lowest BCUT2D eigenvalue weighted by atomic mass is 10.7. The maximum Gasteiger partial charge on any atom is 0.322 e. The summed E-state index contributed by atoms with van der Waals surface area (Å²) < 4.78 is 29.2. The molecule has 0 atom stereocenters. The highest BCUT2D eigenvalue weighted by Crippen LogP contribution is 2.09. The van der Waals surface area contributed by atoms with Gasteiger partial charge in [0.2, 0.25) is 21.9 Å². The molecule has 0 unspecified atom stereocenters. The number of hydrogen-bond acceptors (Lipinski definition) is 8. The molecule has 0 aliphatic heterocycles. The van der Waals surface area contributed by atoms with Crippen LogP contribution >= 0.6 is 0 Å². The Labute approximate surface area is 112 Å². The van der Waals surface area contributed by atoms with Gasteiger partial charge in [0.25, 0.3) is 0 Å². The number of sulfonamides is 1. The Balaban J connectivity index is 2.68. The zero-order chi connectivity index (χ0) is 14.5. The first-order valence-electron chi connectivity index (χ1n) is 5.51. The van der Waals surface area contributed by atoms with Gasteiger partial charge in [-0.1, -0.05) is 0 Å². The number of ether oxygens (including phenoxy) is 1. The summed E-state index contributed by atoms with van der Waals surface area (Å²) in [5, 5.41) is 5.58. The third kappa shape index (κ3) is 4.48. The average Bonchev–Trinajstić information content (AvgIpc) is 2.37. The Morgan fingerprint density at radius 2 is 1.84 bits per heavy atom. The van der Waals surface area contributed by atoms with Crippen molar-refractivity contribution >= 4 is 21.9 Å². The number of nitrogens with one attached hydrogen (secondary N) is 2. The number of anilines is 2. The van der Waals surface area contributed by atoms with Crippen LogP contribution in [0.5, 0.6) is 6.01 Å². The molecule has 1 rings (SSSR count). The second kappa shape index (κ2) is 6.48. The van der Waals surface area contributed by atoms with E-state index in [0.29, 0.717) is 5.95 Å². The summed E-state index contributed by atoms with van der Waals surface area (Å²) in [4.78, 5) is 11.9. The molecular weight excluding hydrogens is 272 g/mol. The molecule has 1 aromatic rings. The SMILES string of the molecule is CNc1nc(NCCS(=O)(=O)N(C)C)nc(OC)n1. The summed E-state index contributed by atoms with van der Waals surface area (Å²) in [6.45, 7) is 0.191. The minimum atomic E-state index is -3.25. The Morgan fingerprint density at radius 1 is 1.21 bits per heavy atom. The van der Waals surface area contributed by atoms with Gasteiger partial charge in [-0.3, -0.25) is 0 Å². The number of methoxy groups -OCH3 is 1. The molecule has 2 N–H and O–H groups in total. The van der Waals surface area contributed by atoms with E-state index >= 15 is 0 Å². The van der Waals surface area contributed by atoms with Gasteiger partial charge in [0.1, 0.15) is 0 Å². The van der Waals surface area contributed by atoms with Crippen molar-refractivity contribution in [1.82, 2.24) is 19.3 Å². The van der Waals surface area contributed by atoms with E-state index in [2.05, 4.69) is 25.6 Å². The smallest absolute Gasteiger partial charge is 0.322 e. The van der Waals surface area contributed by atoms with E-state index in [9.17, 15) is 8.42 Å². The molecule has 0 aromatic carbocycles. The van der Waals surface area contributed by atoms with E-state index in [4.69, 9.17) is 4.74 Å². The molecule has 10 heteroatoms. The van der Waals surface area contributed by atoms with E-state index in [1.807, 2.05) is 0 Å². The summed E-state index contributed by atoms with van der Waals surface area (Å²) in [6, 6.07) is 0.150. The molecule has 1 heterocycles. The Hall–Kier alpha value is -1.68. The first kappa shape index (κ1) is 15.4. The molecule has 0 saturated carbocycles. The minimum absolute atomic E-state index is 0.0527. The molecule has 0 amide bonds. The van der Waals surface area contributed by atoms with Gasteiger partial charge in [0.05, 0.1) is 12.9 Å². The van der Waals surface area contributed by atoms with Crippen molar-refractivity contribution in [2.24, 2.45) is 0 Å². The molecule has 9 nitrogen and oxygen atoms in total. The number of aromatic nitrogens is 3. The van der Waals surface area contributed by atoms with Crippen LogP contribution in [0.25, 0.3) is 0 Å². The summed E-state index contributed by atoms with van der Waals surface area (Å²) >= 11 is 0. The fraction of sp³-hybridized carbons (Fsp3) is 0.667. The summed E-state index contributed by atoms with van der Waals surface area (Å²) in [7, 11) is 2.83. The molecule has 1 aromatic heterocycles. The molecule has 0 aliphatic carbocycles. The van der Waals surface area contributed by atoms with Gasteiger partial charge in [0, 0.05) is 27.7 Å². The number of hydrogen-bond donors (Lipinski definition) is 2. The Kier molecular flexibility index (Phi) is 5.24. The first-order valence-corrected chi connectivity index (χ1v) is 7.12. The highest BCUT2D eigenvalue weighted by atomic mass is 32.2. The van der Waals surface area contributed by atoms with Gasteiger partial charge >= 0.3 is 6.01 Å². The van der Waals surface area contributed by atoms with Crippen LogP contribution in [0, 0.1) is 0 Å². The lowest BCUT2D eigenvalue weighted by Crippen LogP contribution is -2.28. The molecule has 19 heavy (non-hydrogen) atoms. The Bertz CT molecular complexity index is 496. The van der Waals surface area contributed by atoms with Crippen molar-refractivity contribution < 1.29 is 13.2 Å². The second-order valence-electron chi connectivity index (χ2n) is 3.74. The van der Waals surface area contributed by atoms with Crippen molar-refractivity contribution in [1.29, 1.82) is 0 Å². The van der Waals surface area contributed by atoms with Crippen LogP contribution < -0.4 is 15.4 Å². The molecule has 0 spiro atoms. The van der Waals surface area contributed by atoms with E-state index < -0.39 is 10.0 Å². The van der Waals surface area contributed by atoms with Crippen LogP contribution in [0.2, 0.25) is 0 Å². The Morgan fingerprint density at radius 3 is 2.37 bits per heavy atom. The van der Waals surface area contributed by atoms with E-state index in [-0.39, 0.29) is 24.3 Å². The topological polar surface area (TPSA) is 109 Å². The molecule has 0 aliphatic rings. The van der Waals surface area contributed by atoms with Crippen molar-refractivity contribution in [3.05, 3.63) is 0 Å². The third-order valence-electron chi connectivity index (χ3n) is 2.22. The quantitative estimate of drug-likeness (QED) is 0.673. The predicted molar refractivity (Wildman–Crippen MR) is 71.9 cm³/mol. The molecule has 0 saturated heterocycles. The van der Waals surface area contributed by atoms with Crippen LogP contribution in [0.3, 0.4) is 0 Å². The van der Waals surface area contributed by atoms with Gasteiger partial charge < -0.3 is 15.4 Å². The van der Waals surface area contributed by atoms with Gasteiger partial charge in [0.15, 0.2) is 0 Å². The van der Waals surface area contributed by atoms with Gasteiger partial charge in [-0.15, -0.1) is 0 Å². The van der Waals surface area contributed by atoms with Crippen LogP contribution in [0.1, 0.15) is 0 Å². The number of rotatable bonds is 7. The first-order chi connectivity index (χ1) is 8.89. The fourth-order valence-corrected chi connectivity index (χ4v) is 1.84. The highest BCUT2D eigenvalue weighted by molar-refractivity contribution is 7.89. The lowest BCUT2D eigenvalue weighted by molar-refractivity contribution is 0.379. The van der Waals surface area contributed by atoms with Gasteiger partial charge in [-0.25, -0.2) is 12.7 Å². The lowest BCUT2D eigenvalue weighted by Gasteiger charge is -2.12. The zero-order valence-corrected chi connectivity index (χ0v) is 12.2. The van der Waals surface area contributed by atoms with Crippen LogP contribution in [0.4, 0.5) is 11.9 Å². The van der Waals surface area contributed by atoms with Crippen molar-refractivity contribution in [2.75, 3.05) is 51.2 Å². The van der Waals surface area contributed by atoms with Crippen LogP contribution in [-0.2, 0) is 10.0 Å². The maximum absolute atomic E-state index is 11.6. The van der Waals surface area contributed by atoms with E-state index in [0.717, 1.165) is 0 Å². The molecule has 0 bridgehead atoms. The van der Waals surface area contributed by atoms with Crippen LogP contribution in [-0.4, -0.2) is 68.2 Å². The van der Waals surface area contributed by atoms with E-state index in [1.165, 1.54) is 25.5 Å². The van der Waals surface area contributed by atoms with E-state index in [1.54, 1.807) is 7.05 Å². The maximum atomic E-state index is 11.6. The third-order valence-corrected chi connectivity index (χ3v) is 4.05. The monoisotopic (exact) mass is 290 g/mol. The van der Waals surface area contributed by atoms with Gasteiger partial charge in [-0.2, -0.15) is 15.0 Å². The zero-order valence-electron chi connectivity index (χ0n) is 11.3. The molecule has 0 fully saturated rings. The predicted octanol–water partition coefficient (Wildman–Crippen LogP) is -0.775. The van der Waals surface area contributed by atoms with Gasteiger partial charge in [-0.05, 0) is 0 Å². The molecular formula is C9H18N6O3S. The number of nitrogens with zero attached hydrogens (tertiary/aromatic N) is 4. The highest BCUT2D eigenvalue weighted by Gasteiger charge is 2.13.